The summed E-state index contributed by atoms with van der Waals surface area (Å²) in [6.45, 7) is 4.11. The van der Waals surface area contributed by atoms with Gasteiger partial charge in [-0.15, -0.1) is 0 Å². The SMILES string of the molecule is COc1cc(/C=C/C(=O)N(C(C)C)C2CC2)cc(OC)c1. The third-order valence-electron chi connectivity index (χ3n) is 3.54. The number of carbonyl (C=O) groups is 1. The molecule has 0 aromatic heterocycles. The fourth-order valence-electron chi connectivity index (χ4n) is 2.39. The average Bonchev–Trinajstić information content (AvgIpc) is 3.29. The van der Waals surface area contributed by atoms with Crippen molar-refractivity contribution in [3.63, 3.8) is 0 Å². The molecule has 4 heteroatoms. The molecule has 1 aliphatic rings. The number of hydrogen-bond donors (Lipinski definition) is 0. The highest BCUT2D eigenvalue weighted by atomic mass is 16.5. The second-order valence-electron chi connectivity index (χ2n) is 5.55. The smallest absolute Gasteiger partial charge is 0.247 e. The van der Waals surface area contributed by atoms with E-state index in [2.05, 4.69) is 13.8 Å². The van der Waals surface area contributed by atoms with Crippen LogP contribution in [-0.4, -0.2) is 37.1 Å². The standard InChI is InChI=1S/C17H23NO3/c1-12(2)18(14-6-7-14)17(19)8-5-13-9-15(20-3)11-16(10-13)21-4/h5,8-12,14H,6-7H2,1-4H3/b8-5+. The largest absolute Gasteiger partial charge is 0.497 e. The number of amides is 1. The van der Waals surface area contributed by atoms with Crippen molar-refractivity contribution in [2.75, 3.05) is 14.2 Å². The molecule has 1 aliphatic carbocycles. The van der Waals surface area contributed by atoms with Gasteiger partial charge in [-0.25, -0.2) is 0 Å². The summed E-state index contributed by atoms with van der Waals surface area (Å²) >= 11 is 0. The molecule has 1 amide bonds. The Morgan fingerprint density at radius 1 is 1.19 bits per heavy atom. The number of hydrogen-bond acceptors (Lipinski definition) is 3. The first-order valence-corrected chi connectivity index (χ1v) is 7.28. The Morgan fingerprint density at radius 2 is 1.76 bits per heavy atom. The Hall–Kier alpha value is -1.97. The third kappa shape index (κ3) is 4.00. The Labute approximate surface area is 126 Å². The van der Waals surface area contributed by atoms with E-state index < -0.39 is 0 Å². The highest BCUT2D eigenvalue weighted by molar-refractivity contribution is 5.92. The molecule has 0 atom stereocenters. The molecule has 1 aromatic rings. The summed E-state index contributed by atoms with van der Waals surface area (Å²) in [7, 11) is 3.22. The number of rotatable bonds is 6. The van der Waals surface area contributed by atoms with Gasteiger partial charge in [0.2, 0.25) is 5.91 Å². The maximum absolute atomic E-state index is 12.3. The van der Waals surface area contributed by atoms with Crippen molar-refractivity contribution in [3.8, 4) is 11.5 Å². The molecule has 1 fully saturated rings. The van der Waals surface area contributed by atoms with Gasteiger partial charge in [-0.3, -0.25) is 4.79 Å². The summed E-state index contributed by atoms with van der Waals surface area (Å²) in [5.74, 6) is 1.49. The van der Waals surface area contributed by atoms with E-state index in [9.17, 15) is 4.79 Å². The Morgan fingerprint density at radius 3 is 2.19 bits per heavy atom. The van der Waals surface area contributed by atoms with Crippen molar-refractivity contribution in [1.29, 1.82) is 0 Å². The maximum Gasteiger partial charge on any atom is 0.247 e. The lowest BCUT2D eigenvalue weighted by molar-refractivity contribution is -0.128. The first kappa shape index (κ1) is 15.4. The lowest BCUT2D eigenvalue weighted by Gasteiger charge is -2.25. The Balaban J connectivity index is 2.14. The van der Waals surface area contributed by atoms with Gasteiger partial charge in [0, 0.05) is 24.2 Å². The van der Waals surface area contributed by atoms with Crippen molar-refractivity contribution in [2.45, 2.75) is 38.8 Å². The van der Waals surface area contributed by atoms with Crippen LogP contribution in [0.5, 0.6) is 11.5 Å². The number of carbonyl (C=O) groups excluding carboxylic acids is 1. The van der Waals surface area contributed by atoms with Crippen molar-refractivity contribution < 1.29 is 14.3 Å². The van der Waals surface area contributed by atoms with Crippen LogP contribution in [0.2, 0.25) is 0 Å². The second-order valence-corrected chi connectivity index (χ2v) is 5.55. The monoisotopic (exact) mass is 289 g/mol. The molecule has 1 saturated carbocycles. The van der Waals surface area contributed by atoms with Crippen molar-refractivity contribution in [1.82, 2.24) is 4.90 Å². The average molecular weight is 289 g/mol. The molecule has 0 aliphatic heterocycles. The molecule has 21 heavy (non-hydrogen) atoms. The molecule has 0 N–H and O–H groups in total. The number of nitrogens with zero attached hydrogens (tertiary/aromatic N) is 1. The van der Waals surface area contributed by atoms with Gasteiger partial charge in [-0.1, -0.05) is 0 Å². The van der Waals surface area contributed by atoms with Gasteiger partial charge in [0.25, 0.3) is 0 Å². The van der Waals surface area contributed by atoms with E-state index in [-0.39, 0.29) is 11.9 Å². The van der Waals surface area contributed by atoms with Crippen LogP contribution in [0.15, 0.2) is 24.3 Å². The van der Waals surface area contributed by atoms with Gasteiger partial charge in [-0.05, 0) is 50.5 Å². The van der Waals surface area contributed by atoms with E-state index in [1.165, 1.54) is 0 Å². The first-order valence-electron chi connectivity index (χ1n) is 7.28. The molecule has 1 aromatic carbocycles. The molecule has 0 spiro atoms. The summed E-state index contributed by atoms with van der Waals surface area (Å²) in [6.07, 6.45) is 5.67. The zero-order valence-corrected chi connectivity index (χ0v) is 13.1. The lowest BCUT2D eigenvalue weighted by atomic mass is 10.1. The van der Waals surface area contributed by atoms with E-state index in [1.807, 2.05) is 29.2 Å². The maximum atomic E-state index is 12.3. The first-order chi connectivity index (χ1) is 10.0. The number of ether oxygens (including phenoxy) is 2. The fraction of sp³-hybridized carbons (Fsp3) is 0.471. The lowest BCUT2D eigenvalue weighted by Crippen LogP contribution is -2.37. The van der Waals surface area contributed by atoms with Gasteiger partial charge >= 0.3 is 0 Å². The summed E-state index contributed by atoms with van der Waals surface area (Å²) in [5, 5.41) is 0. The molecule has 0 heterocycles. The Bertz CT molecular complexity index is 509. The minimum absolute atomic E-state index is 0.0642. The van der Waals surface area contributed by atoms with Gasteiger partial charge in [-0.2, -0.15) is 0 Å². The van der Waals surface area contributed by atoms with Crippen molar-refractivity contribution >= 4 is 12.0 Å². The highest BCUT2D eigenvalue weighted by Crippen LogP contribution is 2.29. The van der Waals surface area contributed by atoms with Crippen LogP contribution in [0, 0.1) is 0 Å². The van der Waals surface area contributed by atoms with E-state index in [1.54, 1.807) is 20.3 Å². The molecule has 4 nitrogen and oxygen atoms in total. The van der Waals surface area contributed by atoms with E-state index >= 15 is 0 Å². The van der Waals surface area contributed by atoms with Gasteiger partial charge in [0.1, 0.15) is 11.5 Å². The van der Waals surface area contributed by atoms with Crippen molar-refractivity contribution in [3.05, 3.63) is 29.8 Å². The normalized spacial score (nSPS) is 14.5. The predicted octanol–water partition coefficient (Wildman–Crippen LogP) is 3.12. The van der Waals surface area contributed by atoms with Crippen LogP contribution >= 0.6 is 0 Å². The Kier molecular flexibility index (Phi) is 4.89. The van der Waals surface area contributed by atoms with Crippen LogP contribution < -0.4 is 9.47 Å². The van der Waals surface area contributed by atoms with Crippen LogP contribution in [0.25, 0.3) is 6.08 Å². The molecular weight excluding hydrogens is 266 g/mol. The van der Waals surface area contributed by atoms with Crippen LogP contribution in [0.4, 0.5) is 0 Å². The molecule has 0 saturated heterocycles. The number of methoxy groups -OCH3 is 2. The second kappa shape index (κ2) is 6.66. The fourth-order valence-corrected chi connectivity index (χ4v) is 2.39. The zero-order chi connectivity index (χ0) is 15.4. The van der Waals surface area contributed by atoms with Crippen LogP contribution in [0.1, 0.15) is 32.3 Å². The molecule has 0 unspecified atom stereocenters. The van der Waals surface area contributed by atoms with Gasteiger partial charge in [0.05, 0.1) is 14.2 Å². The number of benzene rings is 1. The van der Waals surface area contributed by atoms with E-state index in [0.717, 1.165) is 18.4 Å². The summed E-state index contributed by atoms with van der Waals surface area (Å²) in [5.41, 5.74) is 0.888. The predicted molar refractivity (Wildman–Crippen MR) is 83.6 cm³/mol. The van der Waals surface area contributed by atoms with Crippen LogP contribution in [0.3, 0.4) is 0 Å². The van der Waals surface area contributed by atoms with Crippen LogP contribution in [-0.2, 0) is 4.79 Å². The minimum Gasteiger partial charge on any atom is -0.497 e. The molecule has 0 radical (unpaired) electrons. The minimum atomic E-state index is 0.0642. The quantitative estimate of drug-likeness (QED) is 0.755. The van der Waals surface area contributed by atoms with Gasteiger partial charge in [0.15, 0.2) is 0 Å². The molecule has 2 rings (SSSR count). The summed E-state index contributed by atoms with van der Waals surface area (Å²) in [6, 6.07) is 6.22. The van der Waals surface area contributed by atoms with E-state index in [0.29, 0.717) is 17.5 Å². The third-order valence-corrected chi connectivity index (χ3v) is 3.54. The van der Waals surface area contributed by atoms with Crippen molar-refractivity contribution in [2.24, 2.45) is 0 Å². The zero-order valence-electron chi connectivity index (χ0n) is 13.1. The van der Waals surface area contributed by atoms with E-state index in [4.69, 9.17) is 9.47 Å². The van der Waals surface area contributed by atoms with Gasteiger partial charge < -0.3 is 14.4 Å². The summed E-state index contributed by atoms with van der Waals surface area (Å²) in [4.78, 5) is 14.3. The molecule has 0 bridgehead atoms. The summed E-state index contributed by atoms with van der Waals surface area (Å²) < 4.78 is 10.5. The molecular formula is C17H23NO3. The highest BCUT2D eigenvalue weighted by Gasteiger charge is 2.33. The topological polar surface area (TPSA) is 38.8 Å². The molecule has 114 valence electrons.